The van der Waals surface area contributed by atoms with Crippen LogP contribution in [0.25, 0.3) is 0 Å². The molecule has 0 saturated heterocycles. The van der Waals surface area contributed by atoms with Gasteiger partial charge < -0.3 is 15.4 Å². The lowest BCUT2D eigenvalue weighted by molar-refractivity contribution is 0.179. The van der Waals surface area contributed by atoms with E-state index < -0.39 is 0 Å². The number of thiocarbonyl (C=S) groups is 1. The van der Waals surface area contributed by atoms with E-state index in [1.165, 1.54) is 20.9 Å². The van der Waals surface area contributed by atoms with Crippen molar-refractivity contribution in [2.75, 3.05) is 19.0 Å². The minimum atomic E-state index is 0.175. The van der Waals surface area contributed by atoms with Gasteiger partial charge in [-0.05, 0) is 68.9 Å². The Morgan fingerprint density at radius 2 is 1.88 bits per heavy atom. The third-order valence-corrected chi connectivity index (χ3v) is 4.87. The Morgan fingerprint density at radius 1 is 1.17 bits per heavy atom. The number of aryl methyl sites for hydroxylation is 2. The number of benzene rings is 2. The average Bonchev–Trinajstić information content (AvgIpc) is 2.52. The van der Waals surface area contributed by atoms with E-state index >= 15 is 0 Å². The maximum atomic E-state index is 5.31. The first-order valence-electron chi connectivity index (χ1n) is 7.89. The summed E-state index contributed by atoms with van der Waals surface area (Å²) in [6.45, 7) is 6.91. The number of ether oxygens (including phenoxy) is 1. The van der Waals surface area contributed by atoms with Crippen LogP contribution >= 0.6 is 24.0 Å². The fourth-order valence-corrected chi connectivity index (χ4v) is 3.53. The molecule has 0 radical (unpaired) electrons. The van der Waals surface area contributed by atoms with Gasteiger partial charge in [0.1, 0.15) is 0 Å². The Labute approximate surface area is 154 Å². The first-order valence-corrected chi connectivity index (χ1v) is 9.12. The molecule has 3 nitrogen and oxygen atoms in total. The molecule has 1 unspecified atom stereocenters. The summed E-state index contributed by atoms with van der Waals surface area (Å²) in [6, 6.07) is 15.0. The largest absolute Gasteiger partial charge is 0.383 e. The van der Waals surface area contributed by atoms with E-state index in [0.29, 0.717) is 11.7 Å². The Kier molecular flexibility index (Phi) is 7.09. The Bertz CT molecular complexity index is 686. The maximum Gasteiger partial charge on any atom is 0.171 e. The topological polar surface area (TPSA) is 33.3 Å². The smallest absolute Gasteiger partial charge is 0.171 e. The van der Waals surface area contributed by atoms with Crippen molar-refractivity contribution in [3.8, 4) is 0 Å². The highest BCUT2D eigenvalue weighted by Crippen LogP contribution is 2.31. The summed E-state index contributed by atoms with van der Waals surface area (Å²) < 4.78 is 5.09. The highest BCUT2D eigenvalue weighted by Gasteiger charge is 2.05. The molecule has 0 fully saturated rings. The standard InChI is InChI=1S/C19H24N2OS2/c1-13-5-10-18(14(2)11-13)24-17-8-6-16(7-9-17)21-19(23)20-15(3)12-22-4/h5-11,15H,12H2,1-4H3,(H2,20,21,23). The summed E-state index contributed by atoms with van der Waals surface area (Å²) in [4.78, 5) is 2.49. The molecular formula is C19H24N2OS2. The van der Waals surface area contributed by atoms with Crippen molar-refractivity contribution in [1.82, 2.24) is 5.32 Å². The van der Waals surface area contributed by atoms with E-state index in [4.69, 9.17) is 17.0 Å². The summed E-state index contributed by atoms with van der Waals surface area (Å²) in [6.07, 6.45) is 0. The van der Waals surface area contributed by atoms with E-state index in [1.54, 1.807) is 18.9 Å². The second kappa shape index (κ2) is 9.06. The summed E-state index contributed by atoms with van der Waals surface area (Å²) in [5.74, 6) is 0. The molecule has 0 amide bonds. The lowest BCUT2D eigenvalue weighted by Gasteiger charge is -2.16. The number of nitrogens with one attached hydrogen (secondary N) is 2. The van der Waals surface area contributed by atoms with Crippen molar-refractivity contribution in [2.45, 2.75) is 36.6 Å². The maximum absolute atomic E-state index is 5.31. The monoisotopic (exact) mass is 360 g/mol. The molecule has 0 aliphatic rings. The molecular weight excluding hydrogens is 336 g/mol. The van der Waals surface area contributed by atoms with Gasteiger partial charge in [0.25, 0.3) is 0 Å². The Morgan fingerprint density at radius 3 is 2.50 bits per heavy atom. The van der Waals surface area contributed by atoms with Gasteiger partial charge >= 0.3 is 0 Å². The van der Waals surface area contributed by atoms with Crippen LogP contribution in [0.1, 0.15) is 18.1 Å². The highest BCUT2D eigenvalue weighted by molar-refractivity contribution is 7.99. The molecule has 0 aliphatic heterocycles. The molecule has 0 aromatic heterocycles. The molecule has 5 heteroatoms. The van der Waals surface area contributed by atoms with Gasteiger partial charge in [0.05, 0.1) is 6.61 Å². The normalized spacial score (nSPS) is 11.8. The number of rotatable bonds is 6. The first kappa shape index (κ1) is 18.8. The van der Waals surface area contributed by atoms with Gasteiger partial charge in [0.2, 0.25) is 0 Å². The molecule has 128 valence electrons. The molecule has 2 aromatic carbocycles. The van der Waals surface area contributed by atoms with Crippen LogP contribution in [0.2, 0.25) is 0 Å². The lowest BCUT2D eigenvalue weighted by atomic mass is 10.2. The van der Waals surface area contributed by atoms with Gasteiger partial charge in [0.15, 0.2) is 5.11 Å². The Hall–Kier alpha value is -1.56. The molecule has 0 saturated carbocycles. The summed E-state index contributed by atoms with van der Waals surface area (Å²) in [5, 5.41) is 6.99. The van der Waals surface area contributed by atoms with Gasteiger partial charge in [-0.15, -0.1) is 0 Å². The van der Waals surface area contributed by atoms with Crippen molar-refractivity contribution < 1.29 is 4.74 Å². The number of hydrogen-bond donors (Lipinski definition) is 2. The first-order chi connectivity index (χ1) is 11.5. The van der Waals surface area contributed by atoms with Gasteiger partial charge in [-0.25, -0.2) is 0 Å². The molecule has 2 aromatic rings. The number of anilines is 1. The molecule has 0 heterocycles. The van der Waals surface area contributed by atoms with Crippen LogP contribution in [0.4, 0.5) is 5.69 Å². The second-order valence-electron chi connectivity index (χ2n) is 5.85. The summed E-state index contributed by atoms with van der Waals surface area (Å²) in [7, 11) is 1.68. The minimum absolute atomic E-state index is 0.175. The van der Waals surface area contributed by atoms with E-state index in [1.807, 2.05) is 19.1 Å². The predicted molar refractivity (Wildman–Crippen MR) is 107 cm³/mol. The van der Waals surface area contributed by atoms with E-state index in [-0.39, 0.29) is 6.04 Å². The van der Waals surface area contributed by atoms with Crippen LogP contribution in [-0.4, -0.2) is 24.9 Å². The van der Waals surface area contributed by atoms with Crippen molar-refractivity contribution in [3.05, 3.63) is 53.6 Å². The quantitative estimate of drug-likeness (QED) is 0.725. The second-order valence-corrected chi connectivity index (χ2v) is 7.37. The Balaban J connectivity index is 1.94. The zero-order chi connectivity index (χ0) is 17.5. The van der Waals surface area contributed by atoms with Crippen LogP contribution in [0.5, 0.6) is 0 Å². The van der Waals surface area contributed by atoms with Gasteiger partial charge in [-0.2, -0.15) is 0 Å². The molecule has 24 heavy (non-hydrogen) atoms. The van der Waals surface area contributed by atoms with Crippen molar-refractivity contribution in [3.63, 3.8) is 0 Å². The fraction of sp³-hybridized carbons (Fsp3) is 0.316. The SMILES string of the molecule is COCC(C)NC(=S)Nc1ccc(Sc2ccc(C)cc2C)cc1. The highest BCUT2D eigenvalue weighted by atomic mass is 32.2. The van der Waals surface area contributed by atoms with Gasteiger partial charge in [-0.3, -0.25) is 0 Å². The fourth-order valence-electron chi connectivity index (χ4n) is 2.33. The number of hydrogen-bond acceptors (Lipinski definition) is 3. The molecule has 1 atom stereocenters. The molecule has 2 rings (SSSR count). The van der Waals surface area contributed by atoms with E-state index in [0.717, 1.165) is 5.69 Å². The molecule has 2 N–H and O–H groups in total. The van der Waals surface area contributed by atoms with Crippen molar-refractivity contribution in [2.24, 2.45) is 0 Å². The van der Waals surface area contributed by atoms with Crippen molar-refractivity contribution >= 4 is 34.8 Å². The third-order valence-electron chi connectivity index (χ3n) is 3.46. The van der Waals surface area contributed by atoms with Crippen molar-refractivity contribution in [1.29, 1.82) is 0 Å². The van der Waals surface area contributed by atoms with Gasteiger partial charge in [0, 0.05) is 28.6 Å². The zero-order valence-electron chi connectivity index (χ0n) is 14.6. The predicted octanol–water partition coefficient (Wildman–Crippen LogP) is 4.78. The zero-order valence-corrected chi connectivity index (χ0v) is 16.2. The summed E-state index contributed by atoms with van der Waals surface area (Å²) in [5.41, 5.74) is 3.57. The van der Waals surface area contributed by atoms with E-state index in [2.05, 4.69) is 54.8 Å². The van der Waals surface area contributed by atoms with Crippen LogP contribution in [0, 0.1) is 13.8 Å². The third kappa shape index (κ3) is 5.82. The van der Waals surface area contributed by atoms with E-state index in [9.17, 15) is 0 Å². The molecule has 0 bridgehead atoms. The van der Waals surface area contributed by atoms with Crippen LogP contribution in [0.15, 0.2) is 52.3 Å². The van der Waals surface area contributed by atoms with Crippen LogP contribution < -0.4 is 10.6 Å². The van der Waals surface area contributed by atoms with Gasteiger partial charge in [-0.1, -0.05) is 29.5 Å². The average molecular weight is 361 g/mol. The molecule has 0 aliphatic carbocycles. The minimum Gasteiger partial charge on any atom is -0.383 e. The van der Waals surface area contributed by atoms with Crippen LogP contribution in [0.3, 0.4) is 0 Å². The van der Waals surface area contributed by atoms with Crippen LogP contribution in [-0.2, 0) is 4.74 Å². The lowest BCUT2D eigenvalue weighted by Crippen LogP contribution is -2.38. The number of methoxy groups -OCH3 is 1. The summed E-state index contributed by atoms with van der Waals surface area (Å²) >= 11 is 7.09. The molecule has 0 spiro atoms.